The molecule has 0 aromatic carbocycles. The average molecular weight is 665 g/mol. The number of carbonyl (C=O) groups excluding carboxylic acids is 2. The van der Waals surface area contributed by atoms with Gasteiger partial charge in [-0.3, -0.25) is 9.59 Å². The van der Waals surface area contributed by atoms with Crippen molar-refractivity contribution in [3.8, 4) is 0 Å². The fourth-order valence-electron chi connectivity index (χ4n) is 11.3. The van der Waals surface area contributed by atoms with Crippen molar-refractivity contribution >= 4 is 11.8 Å². The van der Waals surface area contributed by atoms with Gasteiger partial charge in [0.1, 0.15) is 11.9 Å². The summed E-state index contributed by atoms with van der Waals surface area (Å²) < 4.78 is 5.98. The molecule has 3 fully saturated rings. The Kier molecular flexibility index (Phi) is 15.4. The molecule has 3 heteroatoms. The second kappa shape index (κ2) is 18.7. The quantitative estimate of drug-likeness (QED) is 0.0739. The third-order valence-electron chi connectivity index (χ3n) is 14.4. The number of allylic oxidation sites excluding steroid dienone is 3. The van der Waals surface area contributed by atoms with E-state index >= 15 is 0 Å². The van der Waals surface area contributed by atoms with Gasteiger partial charge >= 0.3 is 5.97 Å². The van der Waals surface area contributed by atoms with E-state index in [1.54, 1.807) is 0 Å². The van der Waals surface area contributed by atoms with Gasteiger partial charge in [0.25, 0.3) is 0 Å². The van der Waals surface area contributed by atoms with Gasteiger partial charge in [0.15, 0.2) is 0 Å². The standard InChI is InChI=1S/C45H76O3/c1-8-10-11-12-13-14-15-16-17-18-19-20-21-22-43(47)48-37-31-36-25-26-38-40-28-27-39(34(5)23-24-35(9-2)33(3)4)44(40,6)30-29-41(38)45(36,7)42(46)32-37/h23-25,33-35,37-41H,8-22,26-32H2,1-7H3/b24-23+/t34-,35-,37-,38+,39-,40+,41+,44-,45+/m1/s1. The van der Waals surface area contributed by atoms with Crippen molar-refractivity contribution < 1.29 is 14.3 Å². The number of carbonyl (C=O) groups is 2. The van der Waals surface area contributed by atoms with Gasteiger partial charge in [-0.15, -0.1) is 0 Å². The summed E-state index contributed by atoms with van der Waals surface area (Å²) >= 11 is 0. The minimum absolute atomic E-state index is 0.0963. The summed E-state index contributed by atoms with van der Waals surface area (Å²) in [7, 11) is 0. The normalized spacial score (nSPS) is 32.9. The van der Waals surface area contributed by atoms with Crippen LogP contribution in [0.3, 0.4) is 0 Å². The second-order valence-electron chi connectivity index (χ2n) is 17.8. The second-order valence-corrected chi connectivity index (χ2v) is 17.8. The molecule has 0 aliphatic heterocycles. The first-order chi connectivity index (χ1) is 23.1. The Morgan fingerprint density at radius 3 is 2.06 bits per heavy atom. The van der Waals surface area contributed by atoms with E-state index in [2.05, 4.69) is 66.7 Å². The number of fused-ring (bicyclic) bond motifs is 5. The number of ketones is 1. The lowest BCUT2D eigenvalue weighted by atomic mass is 9.46. The smallest absolute Gasteiger partial charge is 0.306 e. The fourth-order valence-corrected chi connectivity index (χ4v) is 11.3. The number of hydrogen-bond acceptors (Lipinski definition) is 3. The van der Waals surface area contributed by atoms with Crippen LogP contribution in [0.4, 0.5) is 0 Å². The maximum atomic E-state index is 14.0. The van der Waals surface area contributed by atoms with E-state index in [0.29, 0.717) is 59.5 Å². The highest BCUT2D eigenvalue weighted by Gasteiger charge is 2.61. The molecule has 0 aromatic rings. The molecule has 274 valence electrons. The molecule has 4 aliphatic rings. The molecule has 0 N–H and O–H groups in total. The Bertz CT molecular complexity index is 1070. The summed E-state index contributed by atoms with van der Waals surface area (Å²) in [6.45, 7) is 16.6. The molecule has 0 saturated heterocycles. The molecule has 4 rings (SSSR count). The molecule has 0 radical (unpaired) electrons. The highest BCUT2D eigenvalue weighted by molar-refractivity contribution is 5.90. The van der Waals surface area contributed by atoms with Crippen molar-refractivity contribution in [2.24, 2.45) is 52.3 Å². The van der Waals surface area contributed by atoms with E-state index in [9.17, 15) is 9.59 Å². The third-order valence-corrected chi connectivity index (χ3v) is 14.4. The first-order valence-electron chi connectivity index (χ1n) is 21.2. The van der Waals surface area contributed by atoms with Gasteiger partial charge in [-0.25, -0.2) is 0 Å². The molecule has 3 saturated carbocycles. The SMILES string of the molecule is CCCCCCCCCCCCCCCC(=O)O[C@H]1CC(=O)[C@@]2(C)C(=CC[C@@H]3[C@@H]2CC[C@]2(C)[C@@H]([C@H](C)/C=C/[C@@H](CC)C(C)C)CC[C@@H]32)C1. The fraction of sp³-hybridized carbons (Fsp3) is 0.867. The summed E-state index contributed by atoms with van der Waals surface area (Å²) in [4.78, 5) is 26.8. The zero-order valence-electron chi connectivity index (χ0n) is 32.6. The maximum Gasteiger partial charge on any atom is 0.306 e. The van der Waals surface area contributed by atoms with Gasteiger partial charge in [-0.2, -0.15) is 0 Å². The van der Waals surface area contributed by atoms with Crippen molar-refractivity contribution in [3.63, 3.8) is 0 Å². The molecule has 0 bridgehead atoms. The Morgan fingerprint density at radius 1 is 0.833 bits per heavy atom. The van der Waals surface area contributed by atoms with Crippen LogP contribution in [0.25, 0.3) is 0 Å². The molecule has 9 atom stereocenters. The van der Waals surface area contributed by atoms with Crippen molar-refractivity contribution in [2.75, 3.05) is 0 Å². The van der Waals surface area contributed by atoms with Gasteiger partial charge in [-0.05, 0) is 98.7 Å². The molecule has 0 amide bonds. The molecule has 0 heterocycles. The zero-order valence-corrected chi connectivity index (χ0v) is 32.6. The summed E-state index contributed by atoms with van der Waals surface area (Å²) in [5.74, 6) is 4.73. The maximum absolute atomic E-state index is 14.0. The van der Waals surface area contributed by atoms with Crippen LogP contribution >= 0.6 is 0 Å². The van der Waals surface area contributed by atoms with E-state index in [1.807, 2.05) is 0 Å². The number of hydrogen-bond donors (Lipinski definition) is 0. The van der Waals surface area contributed by atoms with E-state index in [0.717, 1.165) is 38.0 Å². The predicted molar refractivity (Wildman–Crippen MR) is 203 cm³/mol. The first-order valence-corrected chi connectivity index (χ1v) is 21.2. The van der Waals surface area contributed by atoms with Gasteiger partial charge in [0.05, 0.1) is 5.41 Å². The van der Waals surface area contributed by atoms with Crippen LogP contribution in [0.2, 0.25) is 0 Å². The van der Waals surface area contributed by atoms with Crippen molar-refractivity contribution in [1.29, 1.82) is 0 Å². The number of esters is 1. The Morgan fingerprint density at radius 2 is 1.46 bits per heavy atom. The van der Waals surface area contributed by atoms with Crippen molar-refractivity contribution in [2.45, 2.75) is 196 Å². The monoisotopic (exact) mass is 665 g/mol. The average Bonchev–Trinajstić information content (AvgIpc) is 3.41. The lowest BCUT2D eigenvalue weighted by molar-refractivity contribution is -0.155. The van der Waals surface area contributed by atoms with Crippen molar-refractivity contribution in [1.82, 2.24) is 0 Å². The summed E-state index contributed by atoms with van der Waals surface area (Å²) in [5, 5.41) is 0. The molecule has 0 aromatic heterocycles. The number of unbranched alkanes of at least 4 members (excludes halogenated alkanes) is 12. The minimum atomic E-state index is -0.364. The highest BCUT2D eigenvalue weighted by Crippen LogP contribution is 2.66. The van der Waals surface area contributed by atoms with E-state index in [4.69, 9.17) is 4.74 Å². The lowest BCUT2D eigenvalue weighted by Gasteiger charge is -2.57. The van der Waals surface area contributed by atoms with E-state index in [-0.39, 0.29) is 17.5 Å². The van der Waals surface area contributed by atoms with Crippen LogP contribution < -0.4 is 0 Å². The van der Waals surface area contributed by atoms with Crippen LogP contribution in [-0.4, -0.2) is 17.9 Å². The van der Waals surface area contributed by atoms with Crippen molar-refractivity contribution in [3.05, 3.63) is 23.8 Å². The third kappa shape index (κ3) is 9.48. The summed E-state index contributed by atoms with van der Waals surface area (Å²) in [5.41, 5.74) is 1.29. The van der Waals surface area contributed by atoms with E-state index in [1.165, 1.54) is 102 Å². The first kappa shape index (κ1) is 39.4. The molecular weight excluding hydrogens is 588 g/mol. The van der Waals surface area contributed by atoms with Gasteiger partial charge in [-0.1, -0.05) is 142 Å². The topological polar surface area (TPSA) is 43.4 Å². The zero-order chi connectivity index (χ0) is 34.7. The van der Waals surface area contributed by atoms with Gasteiger partial charge in [0.2, 0.25) is 0 Å². The van der Waals surface area contributed by atoms with Crippen LogP contribution in [-0.2, 0) is 14.3 Å². The number of ether oxygens (including phenoxy) is 1. The lowest BCUT2D eigenvalue weighted by Crippen LogP contribution is -2.54. The molecule has 0 spiro atoms. The molecule has 4 aliphatic carbocycles. The molecular formula is C45H76O3. The molecule has 48 heavy (non-hydrogen) atoms. The minimum Gasteiger partial charge on any atom is -0.462 e. The Hall–Kier alpha value is -1.38. The largest absolute Gasteiger partial charge is 0.462 e. The van der Waals surface area contributed by atoms with E-state index < -0.39 is 0 Å². The van der Waals surface area contributed by atoms with Gasteiger partial charge < -0.3 is 4.74 Å². The van der Waals surface area contributed by atoms with Crippen LogP contribution in [0.5, 0.6) is 0 Å². The molecule has 0 unspecified atom stereocenters. The molecule has 3 nitrogen and oxygen atoms in total. The van der Waals surface area contributed by atoms with Crippen LogP contribution in [0.15, 0.2) is 23.8 Å². The highest BCUT2D eigenvalue weighted by atomic mass is 16.5. The Balaban J connectivity index is 1.21. The van der Waals surface area contributed by atoms with Gasteiger partial charge in [0, 0.05) is 19.3 Å². The Labute approximate surface area is 297 Å². The number of rotatable bonds is 20. The summed E-state index contributed by atoms with van der Waals surface area (Å²) in [6, 6.07) is 0. The van der Waals surface area contributed by atoms with Crippen LogP contribution in [0, 0.1) is 52.3 Å². The predicted octanol–water partition coefficient (Wildman–Crippen LogP) is 13.0. The number of Topliss-reactive ketones (excluding diaryl/α,β-unsaturated/α-hetero) is 1. The van der Waals surface area contributed by atoms with Crippen LogP contribution in [0.1, 0.15) is 190 Å². The summed E-state index contributed by atoms with van der Waals surface area (Å²) in [6.07, 6.45) is 33.2.